The fourth-order valence-electron chi connectivity index (χ4n) is 1.98. The highest BCUT2D eigenvalue weighted by Crippen LogP contribution is 2.12. The van der Waals surface area contributed by atoms with Gasteiger partial charge >= 0.3 is 0 Å². The largest absolute Gasteiger partial charge is 0.710 e. The molecule has 1 atom stereocenters. The number of amides is 1. The molecule has 0 spiro atoms. The third kappa shape index (κ3) is 2.59. The molecule has 5 nitrogen and oxygen atoms in total. The second-order valence-corrected chi connectivity index (χ2v) is 4.59. The van der Waals surface area contributed by atoms with Gasteiger partial charge in [-0.3, -0.25) is 4.79 Å². The zero-order valence-electron chi connectivity index (χ0n) is 11.3. The minimum atomic E-state index is -0.357. The predicted octanol–water partition coefficient (Wildman–Crippen LogP) is 1.46. The quantitative estimate of drug-likeness (QED) is 0.670. The molecule has 0 aliphatic heterocycles. The van der Waals surface area contributed by atoms with Crippen molar-refractivity contribution in [2.75, 3.05) is 0 Å². The Morgan fingerprint density at radius 3 is 2.53 bits per heavy atom. The number of nitrogens with zero attached hydrogens (tertiary/aromatic N) is 2. The summed E-state index contributed by atoms with van der Waals surface area (Å²) >= 11 is 0. The van der Waals surface area contributed by atoms with E-state index in [0.717, 1.165) is 5.56 Å². The summed E-state index contributed by atoms with van der Waals surface area (Å²) in [5, 5.41) is 14.5. The second kappa shape index (κ2) is 5.14. The molecule has 1 aromatic carbocycles. The smallest absolute Gasteiger partial charge is 0.296 e. The van der Waals surface area contributed by atoms with Gasteiger partial charge in [-0.15, -0.1) is 0 Å². The van der Waals surface area contributed by atoms with Gasteiger partial charge in [0.2, 0.25) is 12.0 Å². The van der Waals surface area contributed by atoms with Crippen LogP contribution in [0.4, 0.5) is 0 Å². The summed E-state index contributed by atoms with van der Waals surface area (Å²) in [6, 6.07) is 9.49. The molecule has 1 N–H and O–H groups in total. The molecule has 0 aliphatic carbocycles. The summed E-state index contributed by atoms with van der Waals surface area (Å²) in [6.45, 7) is 3.64. The SMILES string of the molecule is Cc1c(C(=O)N[C@@H](C)c2ccccc2)[n+]([O-])cn1C. The van der Waals surface area contributed by atoms with Gasteiger partial charge in [0.05, 0.1) is 13.1 Å². The molecular formula is C14H17N3O2. The molecule has 0 bridgehead atoms. The Kier molecular flexibility index (Phi) is 3.55. The summed E-state index contributed by atoms with van der Waals surface area (Å²) in [5.74, 6) is -0.357. The third-order valence-electron chi connectivity index (χ3n) is 3.23. The van der Waals surface area contributed by atoms with Crippen molar-refractivity contribution in [2.24, 2.45) is 7.05 Å². The van der Waals surface area contributed by atoms with E-state index in [1.807, 2.05) is 37.3 Å². The monoisotopic (exact) mass is 259 g/mol. The van der Waals surface area contributed by atoms with Crippen LogP contribution >= 0.6 is 0 Å². The highest BCUT2D eigenvalue weighted by molar-refractivity contribution is 5.92. The minimum Gasteiger partial charge on any atom is -0.710 e. The fourth-order valence-corrected chi connectivity index (χ4v) is 1.98. The molecule has 0 fully saturated rings. The molecule has 1 heterocycles. The van der Waals surface area contributed by atoms with Crippen molar-refractivity contribution in [2.45, 2.75) is 19.9 Å². The molecule has 100 valence electrons. The molecule has 2 aromatic rings. The molecule has 1 amide bonds. The molecule has 19 heavy (non-hydrogen) atoms. The Hall–Kier alpha value is -2.30. The first-order chi connectivity index (χ1) is 9.00. The number of nitrogens with one attached hydrogen (secondary N) is 1. The Bertz CT molecular complexity index is 590. The van der Waals surface area contributed by atoms with E-state index in [1.165, 1.54) is 6.33 Å². The van der Waals surface area contributed by atoms with Gasteiger partial charge in [-0.25, -0.2) is 9.30 Å². The van der Waals surface area contributed by atoms with Crippen LogP contribution in [-0.4, -0.2) is 10.5 Å². The van der Waals surface area contributed by atoms with Crippen LogP contribution in [0.1, 0.15) is 34.7 Å². The standard InChI is InChI=1S/C14H17N3O2/c1-10(12-7-5-4-6-8-12)15-14(18)13-11(2)16(3)9-17(13)19/h4-10H,1-3H3,(H,15,18)/t10-/m0/s1. The van der Waals surface area contributed by atoms with Crippen molar-refractivity contribution in [1.82, 2.24) is 9.88 Å². The van der Waals surface area contributed by atoms with Crippen LogP contribution in [0.2, 0.25) is 0 Å². The van der Waals surface area contributed by atoms with E-state index in [0.29, 0.717) is 10.4 Å². The molecule has 2 rings (SSSR count). The Balaban J connectivity index is 2.18. The van der Waals surface area contributed by atoms with Gasteiger partial charge in [0.1, 0.15) is 0 Å². The number of rotatable bonds is 3. The minimum absolute atomic E-state index is 0.144. The van der Waals surface area contributed by atoms with Crippen molar-refractivity contribution in [3.63, 3.8) is 0 Å². The van der Waals surface area contributed by atoms with Gasteiger partial charge in [-0.2, -0.15) is 0 Å². The van der Waals surface area contributed by atoms with Crippen molar-refractivity contribution >= 4 is 5.91 Å². The second-order valence-electron chi connectivity index (χ2n) is 4.59. The summed E-state index contributed by atoms with van der Waals surface area (Å²) < 4.78 is 2.23. The maximum Gasteiger partial charge on any atom is 0.296 e. The van der Waals surface area contributed by atoms with Crippen molar-refractivity contribution in [3.05, 3.63) is 58.8 Å². The number of imidazole rings is 1. The first kappa shape index (κ1) is 13.1. The van der Waals surface area contributed by atoms with Gasteiger partial charge in [0.25, 0.3) is 5.91 Å². The summed E-state index contributed by atoms with van der Waals surface area (Å²) in [4.78, 5) is 12.1. The first-order valence-corrected chi connectivity index (χ1v) is 6.11. The number of carbonyl (C=O) groups is 1. The topological polar surface area (TPSA) is 61.0 Å². The van der Waals surface area contributed by atoms with E-state index < -0.39 is 0 Å². The lowest BCUT2D eigenvalue weighted by atomic mass is 10.1. The highest BCUT2D eigenvalue weighted by Gasteiger charge is 2.23. The van der Waals surface area contributed by atoms with E-state index in [9.17, 15) is 10.0 Å². The summed E-state index contributed by atoms with van der Waals surface area (Å²) in [7, 11) is 1.74. The molecule has 0 unspecified atom stereocenters. The van der Waals surface area contributed by atoms with Crippen molar-refractivity contribution < 1.29 is 9.52 Å². The number of carbonyl (C=O) groups excluding carboxylic acids is 1. The Labute approximate surface area is 112 Å². The molecule has 1 aromatic heterocycles. The number of hydrogen-bond donors (Lipinski definition) is 1. The van der Waals surface area contributed by atoms with Crippen LogP contribution in [0, 0.1) is 12.1 Å². The van der Waals surface area contributed by atoms with Gasteiger partial charge in [-0.1, -0.05) is 30.3 Å². The van der Waals surface area contributed by atoms with Crippen LogP contribution in [0.3, 0.4) is 0 Å². The molecular weight excluding hydrogens is 242 g/mol. The zero-order valence-corrected chi connectivity index (χ0v) is 11.3. The lowest BCUT2D eigenvalue weighted by Crippen LogP contribution is -2.38. The maximum absolute atomic E-state index is 12.1. The van der Waals surface area contributed by atoms with Gasteiger partial charge < -0.3 is 10.5 Å². The van der Waals surface area contributed by atoms with E-state index in [-0.39, 0.29) is 17.6 Å². The van der Waals surface area contributed by atoms with E-state index >= 15 is 0 Å². The zero-order chi connectivity index (χ0) is 14.0. The Morgan fingerprint density at radius 1 is 1.37 bits per heavy atom. The fraction of sp³-hybridized carbons (Fsp3) is 0.286. The molecule has 0 saturated heterocycles. The summed E-state index contributed by atoms with van der Waals surface area (Å²) in [5.41, 5.74) is 1.79. The molecule has 5 heteroatoms. The van der Waals surface area contributed by atoms with Gasteiger partial charge in [-0.05, 0) is 12.5 Å². The summed E-state index contributed by atoms with van der Waals surface area (Å²) in [6.07, 6.45) is 1.34. The van der Waals surface area contributed by atoms with Crippen molar-refractivity contribution in [3.8, 4) is 0 Å². The average molecular weight is 259 g/mol. The van der Waals surface area contributed by atoms with Crippen LogP contribution in [0.5, 0.6) is 0 Å². The van der Waals surface area contributed by atoms with Crippen LogP contribution in [0.25, 0.3) is 0 Å². The van der Waals surface area contributed by atoms with Crippen LogP contribution in [0.15, 0.2) is 36.7 Å². The van der Waals surface area contributed by atoms with E-state index in [4.69, 9.17) is 0 Å². The molecule has 0 saturated carbocycles. The van der Waals surface area contributed by atoms with E-state index in [2.05, 4.69) is 5.32 Å². The third-order valence-corrected chi connectivity index (χ3v) is 3.23. The molecule has 0 radical (unpaired) electrons. The van der Waals surface area contributed by atoms with Gasteiger partial charge in [0.15, 0.2) is 5.69 Å². The van der Waals surface area contributed by atoms with Gasteiger partial charge in [0, 0.05) is 6.92 Å². The van der Waals surface area contributed by atoms with E-state index in [1.54, 1.807) is 18.5 Å². The molecule has 0 aliphatic rings. The lowest BCUT2D eigenvalue weighted by molar-refractivity contribution is -0.607. The first-order valence-electron chi connectivity index (χ1n) is 6.11. The highest BCUT2D eigenvalue weighted by atomic mass is 16.5. The average Bonchev–Trinajstić information content (AvgIpc) is 2.64. The van der Waals surface area contributed by atoms with Crippen LogP contribution < -0.4 is 10.0 Å². The van der Waals surface area contributed by atoms with Crippen molar-refractivity contribution in [1.29, 1.82) is 0 Å². The Morgan fingerprint density at radius 2 is 2.00 bits per heavy atom. The number of aryl methyl sites for hydroxylation is 1. The normalized spacial score (nSPS) is 12.2. The number of benzene rings is 1. The van der Waals surface area contributed by atoms with Crippen LogP contribution in [-0.2, 0) is 7.05 Å². The maximum atomic E-state index is 12.1. The lowest BCUT2D eigenvalue weighted by Gasteiger charge is -2.14. The number of hydrogen-bond acceptors (Lipinski definition) is 2. The predicted molar refractivity (Wildman–Crippen MR) is 71.4 cm³/mol. The number of aromatic nitrogens is 2.